The van der Waals surface area contributed by atoms with Gasteiger partial charge in [0.25, 0.3) is 0 Å². The number of aliphatic hydroxyl groups is 1. The first kappa shape index (κ1) is 42.0. The van der Waals surface area contributed by atoms with E-state index in [1.165, 1.54) is 27.8 Å². The Bertz CT molecular complexity index is 2230. The first-order chi connectivity index (χ1) is 29.1. The highest BCUT2D eigenvalue weighted by Crippen LogP contribution is 2.60. The van der Waals surface area contributed by atoms with Crippen LogP contribution in [0.5, 0.6) is 11.5 Å². The molecule has 6 N–H and O–H groups in total. The fourth-order valence-corrected chi connectivity index (χ4v) is 11.6. The number of hydrogen-bond donors (Lipinski definition) is 4. The molecule has 0 aromatic heterocycles. The minimum Gasteiger partial charge on any atom is -0.504 e. The molecule has 60 heavy (non-hydrogen) atoms. The third-order valence-electron chi connectivity index (χ3n) is 14.4. The molecular weight excluding hydrogens is 747 g/mol. The number of nitrogens with zero attached hydrogens (tertiary/aromatic N) is 1. The highest BCUT2D eigenvalue weighted by molar-refractivity contribution is 5.90. The number of ketones is 1. The number of aliphatic hydroxyl groups excluding tert-OH is 1. The summed E-state index contributed by atoms with van der Waals surface area (Å²) >= 11 is 0. The number of guanidine groups is 1. The Kier molecular flexibility index (Phi) is 12.6. The van der Waals surface area contributed by atoms with Gasteiger partial charge < -0.3 is 31.2 Å². The van der Waals surface area contributed by atoms with E-state index in [2.05, 4.69) is 60.9 Å². The van der Waals surface area contributed by atoms with Gasteiger partial charge in [0, 0.05) is 43.6 Å². The topological polar surface area (TPSA) is 140 Å². The molecule has 2 saturated carbocycles. The molecule has 2 aromatic carbocycles. The van der Waals surface area contributed by atoms with E-state index in [0.29, 0.717) is 37.5 Å². The fourth-order valence-electron chi connectivity index (χ4n) is 11.6. The lowest BCUT2D eigenvalue weighted by atomic mass is 9.53. The smallest absolute Gasteiger partial charge is 0.186 e. The monoisotopic (exact) mass is 809 g/mol. The Morgan fingerprint density at radius 3 is 2.63 bits per heavy atom. The summed E-state index contributed by atoms with van der Waals surface area (Å²) in [6.07, 6.45) is 15.9. The Balaban J connectivity index is 1.41. The Hall–Kier alpha value is -4.76. The first-order valence-electron chi connectivity index (χ1n) is 22.6. The van der Waals surface area contributed by atoms with E-state index in [4.69, 9.17) is 25.9 Å². The van der Waals surface area contributed by atoms with Gasteiger partial charge in [0.15, 0.2) is 23.2 Å². The van der Waals surface area contributed by atoms with Gasteiger partial charge in [-0.25, -0.2) is 4.99 Å². The van der Waals surface area contributed by atoms with E-state index in [0.717, 1.165) is 92.9 Å². The number of allylic oxidation sites excluding steroid dienone is 4. The highest BCUT2D eigenvalue weighted by Gasteiger charge is 2.57. The molecular formula is C52H63N3O5. The molecule has 0 saturated heterocycles. The van der Waals surface area contributed by atoms with Crippen LogP contribution in [0.25, 0.3) is 0 Å². The number of benzene rings is 2. The lowest BCUT2D eigenvalue weighted by molar-refractivity contribution is -0.114. The van der Waals surface area contributed by atoms with Crippen molar-refractivity contribution in [2.45, 2.75) is 128 Å². The zero-order valence-electron chi connectivity index (χ0n) is 35.8. The minimum atomic E-state index is -0.685. The lowest BCUT2D eigenvalue weighted by Gasteiger charge is -2.49. The van der Waals surface area contributed by atoms with Crippen LogP contribution in [0.1, 0.15) is 125 Å². The molecule has 8 heteroatoms. The fraction of sp³-hybridized carbons (Fsp3) is 0.538. The van der Waals surface area contributed by atoms with Crippen LogP contribution in [0.15, 0.2) is 69.8 Å². The van der Waals surface area contributed by atoms with E-state index in [1.54, 1.807) is 13.2 Å². The van der Waals surface area contributed by atoms with Crippen LogP contribution in [0.4, 0.5) is 0 Å². The van der Waals surface area contributed by atoms with Gasteiger partial charge in [0.1, 0.15) is 0 Å². The standard InChI is InChI=1S/C52H63N3O5/c1-4-10-33(30-56)25-39(57)19-17-35-28-46(60-40-14-7-8-15-40)50(58)47-41(35)22-23-45-49(55-51(53)54)44-27-38(31-59-3)42(47)20-16-32(2)11-9-24-52(45)29-37-13-6-5-12-34(37)26-36-18-21-43(44)48(36)52/h5-6,12-13,21,25,28,32,38,40,42,44-45,49,56,58H,4,7-8,10-11,14-20,26-27,29-31H2,1-3H3,(H4,53,54,55)/b33-25-/t32-,38+,42-,44-,45-,49+,52+/m0/s1. The summed E-state index contributed by atoms with van der Waals surface area (Å²) < 4.78 is 12.9. The van der Waals surface area contributed by atoms with E-state index in [1.807, 2.05) is 13.0 Å². The zero-order valence-corrected chi connectivity index (χ0v) is 35.8. The number of phenolic OH excluding ortho intramolecular Hbond substituents is 1. The van der Waals surface area contributed by atoms with Crippen molar-refractivity contribution in [2.75, 3.05) is 20.3 Å². The normalized spacial score (nSPS) is 28.1. The van der Waals surface area contributed by atoms with Crippen LogP contribution in [-0.2, 0) is 28.8 Å². The van der Waals surface area contributed by atoms with Crippen molar-refractivity contribution < 1.29 is 24.5 Å². The molecule has 8 aliphatic carbocycles. The highest BCUT2D eigenvalue weighted by atomic mass is 16.5. The van der Waals surface area contributed by atoms with Gasteiger partial charge in [-0.2, -0.15) is 0 Å². The second-order valence-electron chi connectivity index (χ2n) is 18.5. The molecule has 0 amide bonds. The maximum absolute atomic E-state index is 13.6. The Morgan fingerprint density at radius 2 is 1.88 bits per heavy atom. The number of carbonyl (C=O) groups excluding carboxylic acids is 1. The molecule has 1 spiro atoms. The summed E-state index contributed by atoms with van der Waals surface area (Å²) in [5, 5.41) is 22.7. The second-order valence-corrected chi connectivity index (χ2v) is 18.5. The molecule has 2 fully saturated rings. The molecule has 4 bridgehead atoms. The largest absolute Gasteiger partial charge is 0.504 e. The number of carbonyl (C=O) groups is 1. The number of aromatic hydroxyl groups is 1. The van der Waals surface area contributed by atoms with Crippen molar-refractivity contribution in [1.82, 2.24) is 0 Å². The number of aryl methyl sites for hydroxylation is 1. The van der Waals surface area contributed by atoms with Crippen molar-refractivity contribution in [2.24, 2.45) is 45.5 Å². The molecule has 0 aliphatic heterocycles. The number of phenols is 1. The molecule has 2 aromatic rings. The number of nitrogens with two attached hydrogens (primary N) is 2. The lowest BCUT2D eigenvalue weighted by Crippen LogP contribution is -2.50. The van der Waals surface area contributed by atoms with E-state index >= 15 is 0 Å². The second kappa shape index (κ2) is 18.1. The summed E-state index contributed by atoms with van der Waals surface area (Å²) in [6.45, 7) is 4.67. The summed E-state index contributed by atoms with van der Waals surface area (Å²) in [7, 11) is 1.77. The summed E-state index contributed by atoms with van der Waals surface area (Å²) in [6, 6.07) is 10.4. The van der Waals surface area contributed by atoms with Crippen molar-refractivity contribution in [1.29, 1.82) is 0 Å². The van der Waals surface area contributed by atoms with Gasteiger partial charge in [-0.3, -0.25) is 4.79 Å². The molecule has 8 aliphatic rings. The van der Waals surface area contributed by atoms with Crippen molar-refractivity contribution in [3.8, 4) is 35.2 Å². The Labute approximate surface area is 357 Å². The average Bonchev–Trinajstić information content (AvgIpc) is 3.88. The maximum Gasteiger partial charge on any atom is 0.186 e. The third-order valence-corrected chi connectivity index (χ3v) is 14.4. The molecule has 8 nitrogen and oxygen atoms in total. The van der Waals surface area contributed by atoms with Crippen molar-refractivity contribution >= 4 is 11.7 Å². The number of rotatable bonds is 12. The first-order valence-corrected chi connectivity index (χ1v) is 22.6. The number of methoxy groups -OCH3 is 1. The van der Waals surface area contributed by atoms with Gasteiger partial charge in [0.2, 0.25) is 0 Å². The molecule has 10 rings (SSSR count). The third kappa shape index (κ3) is 8.18. The Morgan fingerprint density at radius 1 is 1.08 bits per heavy atom. The number of fused-ring (bicyclic) bond motifs is 1. The maximum atomic E-state index is 13.6. The average molecular weight is 810 g/mol. The van der Waals surface area contributed by atoms with Crippen LogP contribution < -0.4 is 16.2 Å². The molecule has 0 radical (unpaired) electrons. The van der Waals surface area contributed by atoms with Crippen LogP contribution >= 0.6 is 0 Å². The molecule has 0 unspecified atom stereocenters. The number of ether oxygens (including phenoxy) is 2. The summed E-state index contributed by atoms with van der Waals surface area (Å²) in [5.41, 5.74) is 22.0. The van der Waals surface area contributed by atoms with Gasteiger partial charge in [0.05, 0.1) is 30.1 Å². The van der Waals surface area contributed by atoms with Crippen LogP contribution in [0, 0.1) is 52.8 Å². The number of hydrogen-bond acceptors (Lipinski definition) is 6. The van der Waals surface area contributed by atoms with Gasteiger partial charge in [-0.1, -0.05) is 73.9 Å². The van der Waals surface area contributed by atoms with Crippen molar-refractivity contribution in [3.63, 3.8) is 0 Å². The molecule has 316 valence electrons. The number of aliphatic imine (C=N–C) groups is 1. The zero-order chi connectivity index (χ0) is 42.0. The predicted molar refractivity (Wildman–Crippen MR) is 237 cm³/mol. The SMILES string of the molecule is CCC/C(=C/C(=O)CCc1cc(OC2CCCC2)c(O)c2c1C#C[C@H]1[C@H](N=C(N)N)[C@H]3C[C@H](COC)[C@@H]2CC[C@@H](C)CC#C[C@@]12Cc1ccccc1CC1=C2C3=CC1)CO. The van der Waals surface area contributed by atoms with Crippen LogP contribution in [0.2, 0.25) is 0 Å². The summed E-state index contributed by atoms with van der Waals surface area (Å²) in [5.74, 6) is 15.7. The molecule has 7 atom stereocenters. The van der Waals surface area contributed by atoms with Crippen LogP contribution in [0.3, 0.4) is 0 Å². The van der Waals surface area contributed by atoms with Gasteiger partial charge in [-0.15, -0.1) is 5.92 Å². The van der Waals surface area contributed by atoms with Gasteiger partial charge >= 0.3 is 0 Å². The summed E-state index contributed by atoms with van der Waals surface area (Å²) in [4.78, 5) is 18.8. The van der Waals surface area contributed by atoms with E-state index in [-0.39, 0.29) is 66.3 Å². The van der Waals surface area contributed by atoms with Gasteiger partial charge in [-0.05, 0) is 140 Å². The van der Waals surface area contributed by atoms with Crippen molar-refractivity contribution in [3.05, 3.63) is 92.6 Å². The predicted octanol–water partition coefficient (Wildman–Crippen LogP) is 8.16. The molecule has 0 heterocycles. The van der Waals surface area contributed by atoms with E-state index in [9.17, 15) is 15.0 Å². The minimum absolute atomic E-state index is 0.0176. The van der Waals surface area contributed by atoms with E-state index < -0.39 is 5.41 Å². The quantitative estimate of drug-likeness (QED) is 0.0735. The van der Waals surface area contributed by atoms with Crippen LogP contribution in [-0.4, -0.2) is 54.4 Å².